The van der Waals surface area contributed by atoms with Gasteiger partial charge in [-0.3, -0.25) is 14.8 Å². The molecular formula is C9H5N2O. The predicted molar refractivity (Wildman–Crippen MR) is 44.3 cm³/mol. The molecule has 0 aliphatic carbocycles. The molecule has 3 nitrogen and oxygen atoms in total. The molecule has 0 aliphatic heterocycles. The number of nitrogens with zero attached hydrogens (tertiary/aromatic N) is 2. The Morgan fingerprint density at radius 2 is 2.17 bits per heavy atom. The molecule has 0 aliphatic rings. The highest BCUT2D eigenvalue weighted by Gasteiger charge is 1.96. The summed E-state index contributed by atoms with van der Waals surface area (Å²) in [5.74, 6) is 0. The van der Waals surface area contributed by atoms with E-state index < -0.39 is 0 Å². The van der Waals surface area contributed by atoms with Gasteiger partial charge in [-0.15, -0.1) is 0 Å². The summed E-state index contributed by atoms with van der Waals surface area (Å²) in [7, 11) is 0. The SMILES string of the molecule is O=[C]c1cnc2cccnc2c1. The average Bonchev–Trinajstić information content (AvgIpc) is 2.17. The van der Waals surface area contributed by atoms with Crippen molar-refractivity contribution in [3.63, 3.8) is 0 Å². The minimum atomic E-state index is 0.432. The highest BCUT2D eigenvalue weighted by atomic mass is 16.1. The molecule has 3 heteroatoms. The first-order valence-electron chi connectivity index (χ1n) is 3.49. The van der Waals surface area contributed by atoms with Crippen LogP contribution in [0.25, 0.3) is 11.0 Å². The van der Waals surface area contributed by atoms with Crippen molar-refractivity contribution < 1.29 is 4.79 Å². The fraction of sp³-hybridized carbons (Fsp3) is 0. The molecule has 1 radical (unpaired) electrons. The van der Waals surface area contributed by atoms with Gasteiger partial charge in [-0.1, -0.05) is 0 Å². The van der Waals surface area contributed by atoms with Gasteiger partial charge in [0, 0.05) is 18.0 Å². The fourth-order valence-corrected chi connectivity index (χ4v) is 1.01. The van der Waals surface area contributed by atoms with Crippen molar-refractivity contribution in [3.05, 3.63) is 36.2 Å². The summed E-state index contributed by atoms with van der Waals surface area (Å²) in [6.07, 6.45) is 4.92. The van der Waals surface area contributed by atoms with Crippen molar-refractivity contribution in [2.45, 2.75) is 0 Å². The van der Waals surface area contributed by atoms with Crippen LogP contribution in [0.2, 0.25) is 0 Å². The van der Waals surface area contributed by atoms with E-state index in [4.69, 9.17) is 0 Å². The Labute approximate surface area is 69.1 Å². The van der Waals surface area contributed by atoms with Crippen LogP contribution in [0.1, 0.15) is 5.56 Å². The first-order valence-corrected chi connectivity index (χ1v) is 3.49. The van der Waals surface area contributed by atoms with Crippen molar-refractivity contribution in [1.29, 1.82) is 0 Å². The van der Waals surface area contributed by atoms with E-state index in [-0.39, 0.29) is 0 Å². The number of pyridine rings is 2. The lowest BCUT2D eigenvalue weighted by atomic mass is 10.2. The molecule has 12 heavy (non-hydrogen) atoms. The van der Waals surface area contributed by atoms with Crippen molar-refractivity contribution >= 4 is 17.3 Å². The van der Waals surface area contributed by atoms with Crippen molar-refractivity contribution in [2.75, 3.05) is 0 Å². The smallest absolute Gasteiger partial charge is 0.235 e. The third kappa shape index (κ3) is 1.05. The third-order valence-electron chi connectivity index (χ3n) is 1.57. The minimum Gasteiger partial charge on any atom is -0.285 e. The van der Waals surface area contributed by atoms with Crippen LogP contribution < -0.4 is 0 Å². The predicted octanol–water partition coefficient (Wildman–Crippen LogP) is 1.09. The van der Waals surface area contributed by atoms with Crippen molar-refractivity contribution in [2.24, 2.45) is 0 Å². The second-order valence-corrected chi connectivity index (χ2v) is 2.37. The lowest BCUT2D eigenvalue weighted by Crippen LogP contribution is -1.86. The van der Waals surface area contributed by atoms with Crippen molar-refractivity contribution in [1.82, 2.24) is 9.97 Å². The van der Waals surface area contributed by atoms with Gasteiger partial charge < -0.3 is 0 Å². The number of hydrogen-bond donors (Lipinski definition) is 0. The number of fused-ring (bicyclic) bond motifs is 1. The number of rotatable bonds is 1. The molecule has 2 aromatic heterocycles. The van der Waals surface area contributed by atoms with Crippen LogP contribution in [-0.4, -0.2) is 16.3 Å². The standard InChI is InChI=1S/C9H5N2O/c12-6-7-4-9-8(11-5-7)2-1-3-10-9/h1-5H. The highest BCUT2D eigenvalue weighted by molar-refractivity contribution is 5.83. The van der Waals surface area contributed by atoms with E-state index in [2.05, 4.69) is 9.97 Å². The van der Waals surface area contributed by atoms with Crippen LogP contribution in [0, 0.1) is 0 Å². The van der Waals surface area contributed by atoms with Gasteiger partial charge in [0.15, 0.2) is 0 Å². The molecule has 0 saturated heterocycles. The van der Waals surface area contributed by atoms with E-state index in [1.165, 1.54) is 6.20 Å². The quantitative estimate of drug-likeness (QED) is 0.622. The van der Waals surface area contributed by atoms with Crippen LogP contribution in [0.3, 0.4) is 0 Å². The summed E-state index contributed by atoms with van der Waals surface area (Å²) in [5.41, 5.74) is 1.94. The van der Waals surface area contributed by atoms with Gasteiger partial charge in [-0.2, -0.15) is 0 Å². The van der Waals surface area contributed by atoms with Gasteiger partial charge in [0.05, 0.1) is 11.0 Å². The molecule has 0 fully saturated rings. The van der Waals surface area contributed by atoms with Gasteiger partial charge in [0.2, 0.25) is 6.29 Å². The van der Waals surface area contributed by atoms with E-state index in [0.29, 0.717) is 5.56 Å². The normalized spacial score (nSPS) is 10.0. The number of carbonyl (C=O) groups excluding carboxylic acids is 1. The molecule has 0 spiro atoms. The maximum Gasteiger partial charge on any atom is 0.235 e. The lowest BCUT2D eigenvalue weighted by Gasteiger charge is -1.94. The van der Waals surface area contributed by atoms with Gasteiger partial charge in [-0.25, -0.2) is 0 Å². The van der Waals surface area contributed by atoms with Gasteiger partial charge in [-0.05, 0) is 18.2 Å². The average molecular weight is 157 g/mol. The van der Waals surface area contributed by atoms with Crippen LogP contribution >= 0.6 is 0 Å². The Morgan fingerprint density at radius 3 is 3.00 bits per heavy atom. The van der Waals surface area contributed by atoms with E-state index in [0.717, 1.165) is 11.0 Å². The maximum absolute atomic E-state index is 10.3. The van der Waals surface area contributed by atoms with Crippen LogP contribution in [-0.2, 0) is 4.79 Å². The Kier molecular flexibility index (Phi) is 1.55. The minimum absolute atomic E-state index is 0.432. The molecule has 2 heterocycles. The summed E-state index contributed by atoms with van der Waals surface area (Å²) in [4.78, 5) is 18.3. The van der Waals surface area contributed by atoms with Gasteiger partial charge in [0.1, 0.15) is 0 Å². The van der Waals surface area contributed by atoms with Crippen LogP contribution in [0.15, 0.2) is 30.6 Å². The Morgan fingerprint density at radius 1 is 1.25 bits per heavy atom. The van der Waals surface area contributed by atoms with Crippen LogP contribution in [0.4, 0.5) is 0 Å². The van der Waals surface area contributed by atoms with E-state index >= 15 is 0 Å². The molecule has 0 aromatic carbocycles. The number of hydrogen-bond acceptors (Lipinski definition) is 3. The fourth-order valence-electron chi connectivity index (χ4n) is 1.01. The van der Waals surface area contributed by atoms with E-state index in [9.17, 15) is 4.79 Å². The molecule has 57 valence electrons. The zero-order valence-corrected chi connectivity index (χ0v) is 6.19. The lowest BCUT2D eigenvalue weighted by molar-refractivity contribution is 0.562. The summed E-state index contributed by atoms with van der Waals surface area (Å²) in [6.45, 7) is 0. The second kappa shape index (κ2) is 2.70. The summed E-state index contributed by atoms with van der Waals surface area (Å²) in [6, 6.07) is 5.31. The van der Waals surface area contributed by atoms with Gasteiger partial charge >= 0.3 is 0 Å². The Balaban J connectivity index is 2.75. The Bertz CT molecular complexity index is 426. The highest BCUT2D eigenvalue weighted by Crippen LogP contribution is 2.07. The molecule has 0 bridgehead atoms. The maximum atomic E-state index is 10.3. The molecule has 0 unspecified atom stereocenters. The van der Waals surface area contributed by atoms with Gasteiger partial charge in [0.25, 0.3) is 0 Å². The second-order valence-electron chi connectivity index (χ2n) is 2.37. The molecule has 0 saturated carbocycles. The zero-order chi connectivity index (χ0) is 8.39. The molecule has 0 atom stereocenters. The van der Waals surface area contributed by atoms with Crippen molar-refractivity contribution in [3.8, 4) is 0 Å². The number of aromatic nitrogens is 2. The van der Waals surface area contributed by atoms with E-state index in [1.54, 1.807) is 24.6 Å². The third-order valence-corrected chi connectivity index (χ3v) is 1.57. The summed E-state index contributed by atoms with van der Waals surface area (Å²) in [5, 5.41) is 0. The van der Waals surface area contributed by atoms with E-state index in [1.807, 2.05) is 6.07 Å². The topological polar surface area (TPSA) is 42.9 Å². The first-order chi connectivity index (χ1) is 5.90. The molecule has 0 N–H and O–H groups in total. The molecule has 2 aromatic rings. The summed E-state index contributed by atoms with van der Waals surface area (Å²) < 4.78 is 0. The first kappa shape index (κ1) is 6.91. The monoisotopic (exact) mass is 157 g/mol. The molecule has 2 rings (SSSR count). The zero-order valence-electron chi connectivity index (χ0n) is 6.19. The van der Waals surface area contributed by atoms with Crippen LogP contribution in [0.5, 0.6) is 0 Å². The Hall–Kier alpha value is -1.77. The summed E-state index contributed by atoms with van der Waals surface area (Å²) >= 11 is 0. The molecule has 0 amide bonds. The largest absolute Gasteiger partial charge is 0.285 e. The molecular weight excluding hydrogens is 152 g/mol.